The van der Waals surface area contributed by atoms with Gasteiger partial charge in [-0.3, -0.25) is 4.79 Å². The van der Waals surface area contributed by atoms with Crippen LogP contribution < -0.4 is 5.73 Å². The number of pyridine rings is 1. The third-order valence-corrected chi connectivity index (χ3v) is 2.66. The first-order valence-electron chi connectivity index (χ1n) is 4.74. The molecule has 0 saturated carbocycles. The number of likely N-dealkylation sites (tertiary alicyclic amines) is 1. The topological polar surface area (TPSA) is 59.2 Å². The molecule has 0 bridgehead atoms. The lowest BCUT2D eigenvalue weighted by Gasteiger charge is -2.20. The molecular weight excluding hydrogens is 178 g/mol. The molecule has 4 heteroatoms. The van der Waals surface area contributed by atoms with E-state index in [2.05, 4.69) is 4.98 Å². The van der Waals surface area contributed by atoms with Gasteiger partial charge in [0.15, 0.2) is 0 Å². The van der Waals surface area contributed by atoms with Crippen molar-refractivity contribution >= 4 is 12.2 Å². The van der Waals surface area contributed by atoms with Gasteiger partial charge in [-0.15, -0.1) is 0 Å². The summed E-state index contributed by atoms with van der Waals surface area (Å²) in [5.74, 6) is 0.534. The van der Waals surface area contributed by atoms with Crippen molar-refractivity contribution in [1.29, 1.82) is 0 Å². The maximum absolute atomic E-state index is 10.8. The fourth-order valence-corrected chi connectivity index (χ4v) is 1.96. The third-order valence-electron chi connectivity index (χ3n) is 2.66. The van der Waals surface area contributed by atoms with E-state index in [-0.39, 0.29) is 6.04 Å². The van der Waals surface area contributed by atoms with Gasteiger partial charge in [0.1, 0.15) is 5.82 Å². The van der Waals surface area contributed by atoms with Crippen LogP contribution in [-0.4, -0.2) is 22.8 Å². The fraction of sp³-hybridized carbons (Fsp3) is 0.400. The summed E-state index contributed by atoms with van der Waals surface area (Å²) in [4.78, 5) is 16.6. The molecule has 1 amide bonds. The normalized spacial score (nSPS) is 21.1. The predicted octanol–water partition coefficient (Wildman–Crippen LogP) is 0.957. The van der Waals surface area contributed by atoms with Crippen molar-refractivity contribution in [2.24, 2.45) is 0 Å². The molecule has 74 valence electrons. The number of amides is 1. The molecule has 2 heterocycles. The number of carbonyl (C=O) groups is 1. The molecule has 1 saturated heterocycles. The van der Waals surface area contributed by atoms with E-state index in [4.69, 9.17) is 5.73 Å². The van der Waals surface area contributed by atoms with Crippen LogP contribution in [0.15, 0.2) is 18.3 Å². The molecule has 1 atom stereocenters. The van der Waals surface area contributed by atoms with Gasteiger partial charge in [-0.05, 0) is 18.9 Å². The van der Waals surface area contributed by atoms with Crippen LogP contribution in [0.25, 0.3) is 0 Å². The Morgan fingerprint density at radius 2 is 2.50 bits per heavy atom. The largest absolute Gasteiger partial charge is 0.383 e. The number of aromatic nitrogens is 1. The molecule has 1 aromatic rings. The number of nitrogen functional groups attached to an aromatic ring is 1. The number of nitrogens with zero attached hydrogens (tertiary/aromatic N) is 2. The molecule has 4 nitrogen and oxygen atoms in total. The average molecular weight is 191 g/mol. The van der Waals surface area contributed by atoms with Gasteiger partial charge in [-0.2, -0.15) is 0 Å². The molecule has 0 unspecified atom stereocenters. The highest BCUT2D eigenvalue weighted by Gasteiger charge is 2.26. The molecule has 0 aliphatic carbocycles. The highest BCUT2D eigenvalue weighted by molar-refractivity contribution is 5.52. The summed E-state index contributed by atoms with van der Waals surface area (Å²) < 4.78 is 0. The van der Waals surface area contributed by atoms with Gasteiger partial charge >= 0.3 is 0 Å². The monoisotopic (exact) mass is 191 g/mol. The van der Waals surface area contributed by atoms with E-state index < -0.39 is 0 Å². The molecule has 0 spiro atoms. The van der Waals surface area contributed by atoms with E-state index in [9.17, 15) is 4.79 Å². The van der Waals surface area contributed by atoms with Gasteiger partial charge in [0.05, 0.1) is 6.04 Å². The standard InChI is InChI=1S/C10H13N3O/c11-10-8(3-1-5-12-10)9-4-2-6-13(9)7-14/h1,3,5,7,9H,2,4,6H2,(H2,11,12)/t9-/m1/s1. The quantitative estimate of drug-likeness (QED) is 0.708. The molecular formula is C10H13N3O. The Labute approximate surface area is 82.7 Å². The Morgan fingerprint density at radius 3 is 3.21 bits per heavy atom. The Bertz CT molecular complexity index is 340. The molecule has 2 rings (SSSR count). The zero-order valence-corrected chi connectivity index (χ0v) is 7.89. The summed E-state index contributed by atoms with van der Waals surface area (Å²) in [7, 11) is 0. The Hall–Kier alpha value is -1.58. The average Bonchev–Trinajstić information content (AvgIpc) is 2.66. The van der Waals surface area contributed by atoms with Crippen molar-refractivity contribution in [1.82, 2.24) is 9.88 Å². The minimum Gasteiger partial charge on any atom is -0.383 e. The van der Waals surface area contributed by atoms with E-state index in [0.717, 1.165) is 31.4 Å². The first-order chi connectivity index (χ1) is 6.83. The lowest BCUT2D eigenvalue weighted by molar-refractivity contribution is -0.118. The van der Waals surface area contributed by atoms with Gasteiger partial charge in [-0.25, -0.2) is 4.98 Å². The number of hydrogen-bond acceptors (Lipinski definition) is 3. The van der Waals surface area contributed by atoms with Gasteiger partial charge in [0, 0.05) is 18.3 Å². The van der Waals surface area contributed by atoms with Crippen molar-refractivity contribution in [3.8, 4) is 0 Å². The maximum atomic E-state index is 10.8. The smallest absolute Gasteiger partial charge is 0.210 e. The summed E-state index contributed by atoms with van der Waals surface area (Å²) >= 11 is 0. The Morgan fingerprint density at radius 1 is 1.64 bits per heavy atom. The second kappa shape index (κ2) is 3.65. The molecule has 0 aromatic carbocycles. The summed E-state index contributed by atoms with van der Waals surface area (Å²) in [5.41, 5.74) is 6.73. The van der Waals surface area contributed by atoms with Crippen LogP contribution in [0.5, 0.6) is 0 Å². The minimum absolute atomic E-state index is 0.126. The van der Waals surface area contributed by atoms with Crippen LogP contribution in [0.2, 0.25) is 0 Å². The van der Waals surface area contributed by atoms with Crippen LogP contribution >= 0.6 is 0 Å². The molecule has 1 aromatic heterocycles. The molecule has 1 aliphatic rings. The van der Waals surface area contributed by atoms with E-state index in [0.29, 0.717) is 5.82 Å². The number of rotatable bonds is 2. The zero-order chi connectivity index (χ0) is 9.97. The van der Waals surface area contributed by atoms with Crippen molar-refractivity contribution in [2.75, 3.05) is 12.3 Å². The fourth-order valence-electron chi connectivity index (χ4n) is 1.96. The highest BCUT2D eigenvalue weighted by atomic mass is 16.1. The minimum atomic E-state index is 0.126. The number of hydrogen-bond donors (Lipinski definition) is 1. The van der Waals surface area contributed by atoms with Crippen LogP contribution in [0.4, 0.5) is 5.82 Å². The third kappa shape index (κ3) is 1.43. The second-order valence-corrected chi connectivity index (χ2v) is 3.48. The van der Waals surface area contributed by atoms with Crippen molar-refractivity contribution in [2.45, 2.75) is 18.9 Å². The van der Waals surface area contributed by atoms with Gasteiger partial charge in [0.25, 0.3) is 0 Å². The van der Waals surface area contributed by atoms with Gasteiger partial charge in [0.2, 0.25) is 6.41 Å². The Balaban J connectivity index is 2.30. The highest BCUT2D eigenvalue weighted by Crippen LogP contribution is 2.32. The van der Waals surface area contributed by atoms with Gasteiger partial charge in [-0.1, -0.05) is 6.07 Å². The molecule has 14 heavy (non-hydrogen) atoms. The lowest BCUT2D eigenvalue weighted by atomic mass is 10.1. The first-order valence-corrected chi connectivity index (χ1v) is 4.74. The molecule has 1 fully saturated rings. The second-order valence-electron chi connectivity index (χ2n) is 3.48. The summed E-state index contributed by atoms with van der Waals surface area (Å²) in [6, 6.07) is 3.92. The summed E-state index contributed by atoms with van der Waals surface area (Å²) in [5, 5.41) is 0. The summed E-state index contributed by atoms with van der Waals surface area (Å²) in [6.07, 6.45) is 4.58. The number of nitrogens with two attached hydrogens (primary N) is 1. The van der Waals surface area contributed by atoms with E-state index in [1.807, 2.05) is 12.1 Å². The van der Waals surface area contributed by atoms with Crippen LogP contribution in [0.3, 0.4) is 0 Å². The number of carbonyl (C=O) groups excluding carboxylic acids is 1. The van der Waals surface area contributed by atoms with Crippen molar-refractivity contribution < 1.29 is 4.79 Å². The van der Waals surface area contributed by atoms with Gasteiger partial charge < -0.3 is 10.6 Å². The van der Waals surface area contributed by atoms with Crippen LogP contribution in [0.1, 0.15) is 24.4 Å². The van der Waals surface area contributed by atoms with Crippen molar-refractivity contribution in [3.05, 3.63) is 23.9 Å². The van der Waals surface area contributed by atoms with Crippen LogP contribution in [0, 0.1) is 0 Å². The maximum Gasteiger partial charge on any atom is 0.210 e. The molecule has 2 N–H and O–H groups in total. The zero-order valence-electron chi connectivity index (χ0n) is 7.89. The lowest BCUT2D eigenvalue weighted by Crippen LogP contribution is -2.22. The number of anilines is 1. The molecule has 1 aliphatic heterocycles. The molecule has 0 radical (unpaired) electrons. The SMILES string of the molecule is Nc1ncccc1[C@H]1CCCN1C=O. The van der Waals surface area contributed by atoms with E-state index in [1.165, 1.54) is 0 Å². The predicted molar refractivity (Wildman–Crippen MR) is 53.4 cm³/mol. The van der Waals surface area contributed by atoms with Crippen LogP contribution in [-0.2, 0) is 4.79 Å². The van der Waals surface area contributed by atoms with Crippen molar-refractivity contribution in [3.63, 3.8) is 0 Å². The van der Waals surface area contributed by atoms with E-state index in [1.54, 1.807) is 11.1 Å². The Kier molecular flexibility index (Phi) is 2.35. The first kappa shape index (κ1) is 8.99. The van der Waals surface area contributed by atoms with E-state index >= 15 is 0 Å². The summed E-state index contributed by atoms with van der Waals surface area (Å²) in [6.45, 7) is 0.822.